The number of alkyl halides is 2. The first kappa shape index (κ1) is 29.6. The second-order valence-electron chi connectivity index (χ2n) is 10.6. The van der Waals surface area contributed by atoms with Crippen molar-refractivity contribution < 1.29 is 33.0 Å². The molecule has 2 aliphatic rings. The predicted octanol–water partition coefficient (Wildman–Crippen LogP) is 3.51. The fourth-order valence-electron chi connectivity index (χ4n) is 4.30. The van der Waals surface area contributed by atoms with Gasteiger partial charge in [-0.1, -0.05) is 0 Å². The number of hydrogen-bond acceptors (Lipinski definition) is 9. The van der Waals surface area contributed by atoms with Gasteiger partial charge in [-0.3, -0.25) is 4.79 Å². The van der Waals surface area contributed by atoms with E-state index in [0.29, 0.717) is 38.8 Å². The number of rotatable bonds is 9. The van der Waals surface area contributed by atoms with Gasteiger partial charge in [-0.15, -0.1) is 0 Å². The minimum absolute atomic E-state index is 0.0438. The number of aliphatic hydroxyl groups is 1. The van der Waals surface area contributed by atoms with E-state index in [1.54, 1.807) is 31.9 Å². The van der Waals surface area contributed by atoms with Crippen LogP contribution in [0, 0.1) is 5.92 Å². The first-order valence-electron chi connectivity index (χ1n) is 13.0. The Labute approximate surface area is 221 Å². The molecular weight excluding hydrogens is 502 g/mol. The van der Waals surface area contributed by atoms with Crippen LogP contribution in [0.25, 0.3) is 0 Å². The third-order valence-electron chi connectivity index (χ3n) is 6.20. The Morgan fingerprint density at radius 2 is 2.00 bits per heavy atom. The van der Waals surface area contributed by atoms with Gasteiger partial charge in [-0.05, 0) is 65.2 Å². The molecule has 0 unspecified atom stereocenters. The normalized spacial score (nSPS) is 22.5. The number of aromatic nitrogens is 2. The fraction of sp³-hybridized carbons (Fsp3) is 0.720. The SMILES string of the molecule is CC(C)(C)OC(=O)N1CCC[C@H](NC(=O)c2cnc(NCCOC(F)F)nc2N=CC2CCC(O)CC2)C1. The van der Waals surface area contributed by atoms with Crippen molar-refractivity contribution in [2.45, 2.75) is 83.7 Å². The van der Waals surface area contributed by atoms with Gasteiger partial charge in [0.2, 0.25) is 5.95 Å². The van der Waals surface area contributed by atoms with E-state index in [9.17, 15) is 23.5 Å². The van der Waals surface area contributed by atoms with E-state index in [-0.39, 0.29) is 48.5 Å². The maximum atomic E-state index is 13.2. The van der Waals surface area contributed by atoms with Crippen molar-refractivity contribution in [1.29, 1.82) is 0 Å². The molecule has 1 aromatic rings. The summed E-state index contributed by atoms with van der Waals surface area (Å²) in [7, 11) is 0. The van der Waals surface area contributed by atoms with Crippen LogP contribution in [0.15, 0.2) is 11.2 Å². The average Bonchev–Trinajstić information content (AvgIpc) is 2.85. The van der Waals surface area contributed by atoms with Crippen LogP contribution in [0.4, 0.5) is 25.3 Å². The van der Waals surface area contributed by atoms with Crippen LogP contribution in [0.3, 0.4) is 0 Å². The quantitative estimate of drug-likeness (QED) is 0.320. The summed E-state index contributed by atoms with van der Waals surface area (Å²) in [5, 5.41) is 15.5. The zero-order valence-electron chi connectivity index (χ0n) is 22.2. The first-order chi connectivity index (χ1) is 18.0. The molecule has 1 aliphatic heterocycles. The third kappa shape index (κ3) is 9.75. The van der Waals surface area contributed by atoms with E-state index < -0.39 is 24.2 Å². The molecule has 13 heteroatoms. The molecule has 1 aliphatic carbocycles. The molecule has 1 aromatic heterocycles. The van der Waals surface area contributed by atoms with Crippen LogP contribution in [0.2, 0.25) is 0 Å². The average molecular weight is 541 g/mol. The van der Waals surface area contributed by atoms with Gasteiger partial charge in [0.1, 0.15) is 11.2 Å². The van der Waals surface area contributed by atoms with Gasteiger partial charge >= 0.3 is 12.7 Å². The molecule has 2 amide bonds. The molecule has 0 radical (unpaired) electrons. The summed E-state index contributed by atoms with van der Waals surface area (Å²) in [5.74, 6) is -0.0270. The Kier molecular flexibility index (Phi) is 10.7. The molecule has 38 heavy (non-hydrogen) atoms. The highest BCUT2D eigenvalue weighted by Crippen LogP contribution is 2.25. The van der Waals surface area contributed by atoms with Gasteiger partial charge in [0.25, 0.3) is 5.91 Å². The highest BCUT2D eigenvalue weighted by molar-refractivity contribution is 5.98. The van der Waals surface area contributed by atoms with Gasteiger partial charge < -0.3 is 30.1 Å². The lowest BCUT2D eigenvalue weighted by Crippen LogP contribution is -2.50. The largest absolute Gasteiger partial charge is 0.444 e. The molecule has 1 atom stereocenters. The van der Waals surface area contributed by atoms with Gasteiger partial charge in [-0.25, -0.2) is 14.8 Å². The minimum atomic E-state index is -2.87. The number of likely N-dealkylation sites (tertiary alicyclic amines) is 1. The van der Waals surface area contributed by atoms with E-state index >= 15 is 0 Å². The zero-order chi connectivity index (χ0) is 27.7. The van der Waals surface area contributed by atoms with Gasteiger partial charge in [0.05, 0.1) is 12.7 Å². The number of hydrogen-bond donors (Lipinski definition) is 3. The van der Waals surface area contributed by atoms with E-state index in [0.717, 1.165) is 12.8 Å². The second-order valence-corrected chi connectivity index (χ2v) is 10.6. The van der Waals surface area contributed by atoms with Gasteiger partial charge in [-0.2, -0.15) is 13.8 Å². The van der Waals surface area contributed by atoms with Crippen LogP contribution in [0.1, 0.15) is 69.7 Å². The zero-order valence-corrected chi connectivity index (χ0v) is 22.2. The molecule has 3 N–H and O–H groups in total. The van der Waals surface area contributed by atoms with Crippen molar-refractivity contribution >= 4 is 30.0 Å². The van der Waals surface area contributed by atoms with E-state index in [1.165, 1.54) is 6.20 Å². The molecule has 0 spiro atoms. The summed E-state index contributed by atoms with van der Waals surface area (Å²) in [6, 6.07) is -0.287. The number of aliphatic hydroxyl groups excluding tert-OH is 1. The Morgan fingerprint density at radius 3 is 2.68 bits per heavy atom. The molecule has 0 aromatic carbocycles. The number of amides is 2. The van der Waals surface area contributed by atoms with Crippen molar-refractivity contribution in [1.82, 2.24) is 20.2 Å². The van der Waals surface area contributed by atoms with Gasteiger partial charge in [0.15, 0.2) is 5.82 Å². The number of ether oxygens (including phenoxy) is 2. The predicted molar refractivity (Wildman–Crippen MR) is 137 cm³/mol. The number of halogens is 2. The monoisotopic (exact) mass is 540 g/mol. The van der Waals surface area contributed by atoms with Crippen LogP contribution in [-0.4, -0.2) is 88.8 Å². The summed E-state index contributed by atoms with van der Waals surface area (Å²) in [4.78, 5) is 40.2. The second kappa shape index (κ2) is 13.7. The lowest BCUT2D eigenvalue weighted by Gasteiger charge is -2.34. The molecule has 2 fully saturated rings. The third-order valence-corrected chi connectivity index (χ3v) is 6.20. The van der Waals surface area contributed by atoms with Gasteiger partial charge in [0, 0.05) is 38.1 Å². The number of carbonyl (C=O) groups is 2. The summed E-state index contributed by atoms with van der Waals surface area (Å²) in [6.07, 6.45) is 6.66. The van der Waals surface area contributed by atoms with Crippen molar-refractivity contribution in [3.8, 4) is 0 Å². The Morgan fingerprint density at radius 1 is 1.26 bits per heavy atom. The maximum absolute atomic E-state index is 13.2. The lowest BCUT2D eigenvalue weighted by atomic mass is 9.88. The van der Waals surface area contributed by atoms with Crippen LogP contribution < -0.4 is 10.6 Å². The smallest absolute Gasteiger partial charge is 0.410 e. The van der Waals surface area contributed by atoms with Crippen LogP contribution >= 0.6 is 0 Å². The molecule has 3 rings (SSSR count). The molecule has 0 bridgehead atoms. The number of carbonyl (C=O) groups excluding carboxylic acids is 2. The van der Waals surface area contributed by atoms with E-state index in [4.69, 9.17) is 4.74 Å². The van der Waals surface area contributed by atoms with Crippen molar-refractivity contribution in [2.24, 2.45) is 10.9 Å². The van der Waals surface area contributed by atoms with E-state index in [2.05, 4.69) is 30.3 Å². The standard InChI is InChI=1S/C25H38F2N6O5/c1-25(2,3)38-24(36)33-11-4-5-17(15-33)31-21(35)19-14-30-23(28-10-12-37-22(26)27)32-20(19)29-13-16-6-8-18(34)9-7-16/h13-14,16-18,22,34H,4-12,15H2,1-3H3,(H,31,35)(H,28,30,32)/t16?,17-,18?/m0/s1. The lowest BCUT2D eigenvalue weighted by molar-refractivity contribution is -0.125. The molecule has 212 valence electrons. The number of piperidine rings is 1. The first-order valence-corrected chi connectivity index (χ1v) is 13.0. The number of anilines is 1. The Balaban J connectivity index is 1.70. The Hall–Kier alpha value is -2.93. The number of nitrogens with one attached hydrogen (secondary N) is 2. The summed E-state index contributed by atoms with van der Waals surface area (Å²) >= 11 is 0. The van der Waals surface area contributed by atoms with E-state index in [1.807, 2.05) is 0 Å². The summed E-state index contributed by atoms with van der Waals surface area (Å²) in [5.41, 5.74) is -0.462. The highest BCUT2D eigenvalue weighted by atomic mass is 19.3. The summed E-state index contributed by atoms with van der Waals surface area (Å²) < 4.78 is 34.1. The van der Waals surface area contributed by atoms with Crippen molar-refractivity contribution in [3.05, 3.63) is 11.8 Å². The number of aliphatic imine (C=N–C) groups is 1. The molecule has 2 heterocycles. The van der Waals surface area contributed by atoms with Crippen molar-refractivity contribution in [3.63, 3.8) is 0 Å². The topological polar surface area (TPSA) is 138 Å². The Bertz CT molecular complexity index is 966. The fourth-order valence-corrected chi connectivity index (χ4v) is 4.30. The molecule has 1 saturated carbocycles. The van der Waals surface area contributed by atoms with Crippen LogP contribution in [0.5, 0.6) is 0 Å². The molecule has 1 saturated heterocycles. The molecular formula is C25H38F2N6O5. The number of nitrogens with zero attached hydrogens (tertiary/aromatic N) is 4. The summed E-state index contributed by atoms with van der Waals surface area (Å²) in [6.45, 7) is 3.19. The molecule has 11 nitrogen and oxygen atoms in total. The maximum Gasteiger partial charge on any atom is 0.410 e. The van der Waals surface area contributed by atoms with Crippen molar-refractivity contribution in [2.75, 3.05) is 31.6 Å². The highest BCUT2D eigenvalue weighted by Gasteiger charge is 2.29. The van der Waals surface area contributed by atoms with Crippen LogP contribution in [-0.2, 0) is 9.47 Å². The minimum Gasteiger partial charge on any atom is -0.444 e.